The number of anilines is 1. The van der Waals surface area contributed by atoms with Crippen molar-refractivity contribution in [2.24, 2.45) is 0 Å². The van der Waals surface area contributed by atoms with Gasteiger partial charge in [-0.05, 0) is 23.9 Å². The van der Waals surface area contributed by atoms with E-state index in [0.717, 1.165) is 18.5 Å². The molecule has 0 saturated heterocycles. The fourth-order valence-electron chi connectivity index (χ4n) is 2.09. The van der Waals surface area contributed by atoms with Crippen LogP contribution in [0.1, 0.15) is 41.0 Å². The van der Waals surface area contributed by atoms with Crippen molar-refractivity contribution in [3.05, 3.63) is 46.4 Å². The van der Waals surface area contributed by atoms with Crippen LogP contribution in [0, 0.1) is 0 Å². The largest absolute Gasteiger partial charge is 0.386 e. The smallest absolute Gasteiger partial charge is 0.254 e. The molecule has 4 nitrogen and oxygen atoms in total. The van der Waals surface area contributed by atoms with E-state index in [1.165, 1.54) is 4.88 Å². The van der Waals surface area contributed by atoms with Crippen molar-refractivity contribution < 1.29 is 4.79 Å². The number of amides is 1. The summed E-state index contributed by atoms with van der Waals surface area (Å²) in [5.41, 5.74) is 1.37. The molecule has 1 atom stereocenters. The first-order valence-electron chi connectivity index (χ1n) is 6.72. The van der Waals surface area contributed by atoms with Gasteiger partial charge >= 0.3 is 0 Å². The van der Waals surface area contributed by atoms with Crippen molar-refractivity contribution in [3.63, 3.8) is 0 Å². The second-order valence-corrected chi connectivity index (χ2v) is 5.48. The van der Waals surface area contributed by atoms with Gasteiger partial charge in [0.2, 0.25) is 0 Å². The summed E-state index contributed by atoms with van der Waals surface area (Å²) < 4.78 is 0. The summed E-state index contributed by atoms with van der Waals surface area (Å²) in [5, 5.41) is 8.15. The Bertz CT molecular complexity index is 554. The molecule has 0 aliphatic carbocycles. The van der Waals surface area contributed by atoms with Crippen LogP contribution < -0.4 is 10.6 Å². The SMILES string of the molecule is CCCC(NC(=O)c1ccncc1NC)c1cccs1. The molecule has 0 bridgehead atoms. The van der Waals surface area contributed by atoms with E-state index in [4.69, 9.17) is 0 Å². The maximum absolute atomic E-state index is 12.4. The van der Waals surface area contributed by atoms with Crippen LogP contribution in [0.3, 0.4) is 0 Å². The Labute approximate surface area is 123 Å². The Morgan fingerprint density at radius 3 is 2.95 bits per heavy atom. The minimum absolute atomic E-state index is 0.0661. The molecule has 0 fully saturated rings. The van der Waals surface area contributed by atoms with E-state index < -0.39 is 0 Å². The summed E-state index contributed by atoms with van der Waals surface area (Å²) in [5.74, 6) is -0.0661. The Morgan fingerprint density at radius 1 is 1.45 bits per heavy atom. The highest BCUT2D eigenvalue weighted by Gasteiger charge is 2.17. The van der Waals surface area contributed by atoms with Gasteiger partial charge in [-0.2, -0.15) is 0 Å². The van der Waals surface area contributed by atoms with Crippen molar-refractivity contribution in [1.82, 2.24) is 10.3 Å². The van der Waals surface area contributed by atoms with E-state index in [2.05, 4.69) is 28.6 Å². The highest BCUT2D eigenvalue weighted by molar-refractivity contribution is 7.10. The molecule has 106 valence electrons. The zero-order valence-electron chi connectivity index (χ0n) is 11.7. The number of rotatable bonds is 6. The second kappa shape index (κ2) is 7.05. The van der Waals surface area contributed by atoms with Crippen molar-refractivity contribution in [2.75, 3.05) is 12.4 Å². The highest BCUT2D eigenvalue weighted by Crippen LogP contribution is 2.24. The Kier molecular flexibility index (Phi) is 5.12. The van der Waals surface area contributed by atoms with Gasteiger partial charge in [-0.25, -0.2) is 0 Å². The van der Waals surface area contributed by atoms with Gasteiger partial charge in [0, 0.05) is 18.1 Å². The third kappa shape index (κ3) is 3.36. The summed E-state index contributed by atoms with van der Waals surface area (Å²) in [6, 6.07) is 5.89. The number of carbonyl (C=O) groups excluding carboxylic acids is 1. The molecule has 2 rings (SSSR count). The van der Waals surface area contributed by atoms with E-state index in [-0.39, 0.29) is 11.9 Å². The van der Waals surface area contributed by atoms with E-state index in [0.29, 0.717) is 5.56 Å². The molecule has 2 aromatic rings. The maximum Gasteiger partial charge on any atom is 0.254 e. The molecule has 0 radical (unpaired) electrons. The lowest BCUT2D eigenvalue weighted by atomic mass is 10.1. The summed E-state index contributed by atoms with van der Waals surface area (Å²) in [4.78, 5) is 17.6. The predicted molar refractivity (Wildman–Crippen MR) is 83.2 cm³/mol. The van der Waals surface area contributed by atoms with Crippen LogP contribution in [0.15, 0.2) is 36.0 Å². The first kappa shape index (κ1) is 14.5. The van der Waals surface area contributed by atoms with Gasteiger partial charge in [0.25, 0.3) is 5.91 Å². The van der Waals surface area contributed by atoms with Gasteiger partial charge in [-0.15, -0.1) is 11.3 Å². The van der Waals surface area contributed by atoms with Crippen molar-refractivity contribution >= 4 is 22.9 Å². The van der Waals surface area contributed by atoms with Crippen molar-refractivity contribution in [1.29, 1.82) is 0 Å². The molecule has 2 heterocycles. The molecule has 0 saturated carbocycles. The van der Waals surface area contributed by atoms with Gasteiger partial charge in [-0.3, -0.25) is 9.78 Å². The maximum atomic E-state index is 12.4. The molecule has 20 heavy (non-hydrogen) atoms. The summed E-state index contributed by atoms with van der Waals surface area (Å²) in [7, 11) is 1.79. The lowest BCUT2D eigenvalue weighted by Crippen LogP contribution is -2.28. The number of nitrogens with one attached hydrogen (secondary N) is 2. The summed E-state index contributed by atoms with van der Waals surface area (Å²) in [6.07, 6.45) is 5.26. The lowest BCUT2D eigenvalue weighted by Gasteiger charge is -2.17. The highest BCUT2D eigenvalue weighted by atomic mass is 32.1. The van der Waals surface area contributed by atoms with E-state index in [1.807, 2.05) is 11.4 Å². The average molecular weight is 289 g/mol. The van der Waals surface area contributed by atoms with Gasteiger partial charge in [-0.1, -0.05) is 19.4 Å². The molecule has 5 heteroatoms. The number of thiophene rings is 1. The second-order valence-electron chi connectivity index (χ2n) is 4.50. The Morgan fingerprint density at radius 2 is 2.30 bits per heavy atom. The zero-order chi connectivity index (χ0) is 14.4. The zero-order valence-corrected chi connectivity index (χ0v) is 12.5. The van der Waals surface area contributed by atoms with Gasteiger partial charge in [0.15, 0.2) is 0 Å². The minimum Gasteiger partial charge on any atom is -0.386 e. The fourth-order valence-corrected chi connectivity index (χ4v) is 2.90. The number of pyridine rings is 1. The van der Waals surface area contributed by atoms with Crippen LogP contribution >= 0.6 is 11.3 Å². The van der Waals surface area contributed by atoms with Gasteiger partial charge in [0.05, 0.1) is 23.5 Å². The molecule has 0 spiro atoms. The predicted octanol–water partition coefficient (Wildman–Crippen LogP) is 3.46. The van der Waals surface area contributed by atoms with Crippen LogP contribution in [0.4, 0.5) is 5.69 Å². The number of hydrogen-bond donors (Lipinski definition) is 2. The summed E-state index contributed by atoms with van der Waals surface area (Å²) >= 11 is 1.68. The minimum atomic E-state index is -0.0661. The molecule has 2 aromatic heterocycles. The monoisotopic (exact) mass is 289 g/mol. The Balaban J connectivity index is 2.16. The third-order valence-electron chi connectivity index (χ3n) is 3.10. The molecule has 1 unspecified atom stereocenters. The van der Waals surface area contributed by atoms with Crippen LogP contribution in [-0.2, 0) is 0 Å². The van der Waals surface area contributed by atoms with Crippen LogP contribution in [0.2, 0.25) is 0 Å². The number of aromatic nitrogens is 1. The molecular weight excluding hydrogens is 270 g/mol. The number of carbonyl (C=O) groups is 1. The molecule has 0 aromatic carbocycles. The van der Waals surface area contributed by atoms with E-state index in [1.54, 1.807) is 36.8 Å². The van der Waals surface area contributed by atoms with Gasteiger partial charge in [0.1, 0.15) is 0 Å². The molecule has 1 amide bonds. The number of hydrogen-bond acceptors (Lipinski definition) is 4. The number of nitrogens with zero attached hydrogens (tertiary/aromatic N) is 1. The summed E-state index contributed by atoms with van der Waals surface area (Å²) in [6.45, 7) is 2.12. The molecule has 0 aliphatic rings. The quantitative estimate of drug-likeness (QED) is 0.856. The normalized spacial score (nSPS) is 11.9. The molecule has 0 aliphatic heterocycles. The fraction of sp³-hybridized carbons (Fsp3) is 0.333. The third-order valence-corrected chi connectivity index (χ3v) is 4.09. The molecule has 2 N–H and O–H groups in total. The van der Waals surface area contributed by atoms with Gasteiger partial charge < -0.3 is 10.6 Å². The van der Waals surface area contributed by atoms with Crippen molar-refractivity contribution in [2.45, 2.75) is 25.8 Å². The first-order valence-corrected chi connectivity index (χ1v) is 7.60. The van der Waals surface area contributed by atoms with Crippen LogP contribution in [0.5, 0.6) is 0 Å². The Hall–Kier alpha value is -1.88. The van der Waals surface area contributed by atoms with Crippen LogP contribution in [0.25, 0.3) is 0 Å². The topological polar surface area (TPSA) is 54.0 Å². The standard InChI is InChI=1S/C15H19N3OS/c1-3-5-12(14-6-4-9-20-14)18-15(19)11-7-8-17-10-13(11)16-2/h4,6-10,12,16H,3,5H2,1-2H3,(H,18,19). The lowest BCUT2D eigenvalue weighted by molar-refractivity contribution is 0.0936. The van der Waals surface area contributed by atoms with E-state index >= 15 is 0 Å². The van der Waals surface area contributed by atoms with Crippen LogP contribution in [-0.4, -0.2) is 17.9 Å². The first-order chi connectivity index (χ1) is 9.76. The average Bonchev–Trinajstić information content (AvgIpc) is 3.00. The van der Waals surface area contributed by atoms with E-state index in [9.17, 15) is 4.79 Å². The van der Waals surface area contributed by atoms with Crippen molar-refractivity contribution in [3.8, 4) is 0 Å². The molecular formula is C15H19N3OS.